The highest BCUT2D eigenvalue weighted by Crippen LogP contribution is 2.30. The second-order valence-electron chi connectivity index (χ2n) is 7.32. The maximum atomic E-state index is 13.2. The maximum Gasteiger partial charge on any atom is 0.241 e. The number of methoxy groups -OCH3 is 2. The third kappa shape index (κ3) is 4.66. The summed E-state index contributed by atoms with van der Waals surface area (Å²) >= 11 is 0. The molecule has 0 aliphatic rings. The normalized spacial score (nSPS) is 12.7. The molecular weight excluding hydrogens is 402 g/mol. The molecule has 0 amide bonds. The van der Waals surface area contributed by atoms with E-state index < -0.39 is 16.1 Å². The Bertz CT molecular complexity index is 1080. The molecule has 0 aliphatic carbocycles. The van der Waals surface area contributed by atoms with Crippen LogP contribution < -0.4 is 14.2 Å². The van der Waals surface area contributed by atoms with Crippen LogP contribution in [-0.4, -0.2) is 32.2 Å². The smallest absolute Gasteiger partial charge is 0.241 e. The van der Waals surface area contributed by atoms with Gasteiger partial charge in [0.25, 0.3) is 0 Å². The lowest BCUT2D eigenvalue weighted by molar-refractivity contribution is 0.392. The maximum absolute atomic E-state index is 13.2. The van der Waals surface area contributed by atoms with Crippen LogP contribution in [-0.2, 0) is 17.1 Å². The number of hydrogen-bond acceptors (Lipinski definition) is 5. The molecule has 0 saturated heterocycles. The lowest BCUT2D eigenvalue weighted by Crippen LogP contribution is -2.31. The van der Waals surface area contributed by atoms with Crippen LogP contribution in [0.2, 0.25) is 0 Å². The number of hydrogen-bond donors (Lipinski definition) is 1. The van der Waals surface area contributed by atoms with Crippen LogP contribution in [0, 0.1) is 0 Å². The van der Waals surface area contributed by atoms with Crippen molar-refractivity contribution in [3.63, 3.8) is 0 Å². The molecule has 3 aromatic rings. The van der Waals surface area contributed by atoms with Gasteiger partial charge in [-0.2, -0.15) is 4.72 Å². The lowest BCUT2D eigenvalue weighted by atomic mass is 10.0. The quantitative estimate of drug-likeness (QED) is 0.591. The summed E-state index contributed by atoms with van der Waals surface area (Å²) in [5.41, 5.74) is 1.73. The fourth-order valence-electron chi connectivity index (χ4n) is 3.18. The number of nitrogens with one attached hydrogen (secondary N) is 1. The fraction of sp³-hybridized carbons (Fsp3) is 0.318. The first-order chi connectivity index (χ1) is 14.2. The van der Waals surface area contributed by atoms with E-state index in [9.17, 15) is 8.42 Å². The Morgan fingerprint density at radius 2 is 1.57 bits per heavy atom. The Hall–Kier alpha value is -2.84. The standard InChI is InChI=1S/C22H27N3O4S/c1-15(2)16-6-8-20(9-7-16)30(26,27)24-21(22-23-10-11-25(22)3)17-12-18(28-4)14-19(13-17)29-5/h6-15,21,24H,1-5H3. The molecule has 1 unspecified atom stereocenters. The minimum atomic E-state index is -3.82. The van der Waals surface area contributed by atoms with Gasteiger partial charge in [-0.1, -0.05) is 26.0 Å². The molecule has 1 N–H and O–H groups in total. The zero-order chi connectivity index (χ0) is 21.9. The van der Waals surface area contributed by atoms with Crippen molar-refractivity contribution in [1.29, 1.82) is 0 Å². The van der Waals surface area contributed by atoms with Crippen LogP contribution >= 0.6 is 0 Å². The third-order valence-electron chi connectivity index (χ3n) is 4.95. The van der Waals surface area contributed by atoms with Crippen LogP contribution in [0.15, 0.2) is 59.8 Å². The molecule has 1 aromatic heterocycles. The molecule has 3 rings (SSSR count). The molecule has 8 heteroatoms. The van der Waals surface area contributed by atoms with E-state index in [-0.39, 0.29) is 4.90 Å². The fourth-order valence-corrected chi connectivity index (χ4v) is 4.36. The van der Waals surface area contributed by atoms with Crippen molar-refractivity contribution in [1.82, 2.24) is 14.3 Å². The number of ether oxygens (including phenoxy) is 2. The van der Waals surface area contributed by atoms with Gasteiger partial charge in [-0.05, 0) is 41.3 Å². The summed E-state index contributed by atoms with van der Waals surface area (Å²) in [6.07, 6.45) is 3.40. The summed E-state index contributed by atoms with van der Waals surface area (Å²) in [5.74, 6) is 1.99. The van der Waals surface area contributed by atoms with E-state index >= 15 is 0 Å². The first-order valence-corrected chi connectivity index (χ1v) is 11.1. The van der Waals surface area contributed by atoms with E-state index in [2.05, 4.69) is 23.6 Å². The summed E-state index contributed by atoms with van der Waals surface area (Å²) in [4.78, 5) is 4.57. The summed E-state index contributed by atoms with van der Waals surface area (Å²) in [5, 5.41) is 0. The van der Waals surface area contributed by atoms with Crippen molar-refractivity contribution < 1.29 is 17.9 Å². The number of imidazole rings is 1. The Labute approximate surface area is 177 Å². The van der Waals surface area contributed by atoms with E-state index in [0.29, 0.717) is 28.8 Å². The van der Waals surface area contributed by atoms with Gasteiger partial charge in [-0.25, -0.2) is 13.4 Å². The van der Waals surface area contributed by atoms with Crippen molar-refractivity contribution in [2.75, 3.05) is 14.2 Å². The van der Waals surface area contributed by atoms with Gasteiger partial charge in [0.1, 0.15) is 23.4 Å². The molecular formula is C22H27N3O4S. The van der Waals surface area contributed by atoms with Crippen molar-refractivity contribution >= 4 is 10.0 Å². The summed E-state index contributed by atoms with van der Waals surface area (Å²) < 4.78 is 41.7. The number of aryl methyl sites for hydroxylation is 1. The summed E-state index contributed by atoms with van der Waals surface area (Å²) in [7, 11) is 1.10. The molecule has 7 nitrogen and oxygen atoms in total. The molecule has 2 aromatic carbocycles. The van der Waals surface area contributed by atoms with E-state index in [1.807, 2.05) is 19.2 Å². The number of sulfonamides is 1. The molecule has 0 saturated carbocycles. The minimum absolute atomic E-state index is 0.195. The minimum Gasteiger partial charge on any atom is -0.497 e. The van der Waals surface area contributed by atoms with E-state index in [1.54, 1.807) is 61.5 Å². The zero-order valence-corrected chi connectivity index (χ0v) is 18.6. The van der Waals surface area contributed by atoms with Gasteiger partial charge in [0.05, 0.1) is 19.1 Å². The highest BCUT2D eigenvalue weighted by molar-refractivity contribution is 7.89. The molecule has 0 radical (unpaired) electrons. The number of aromatic nitrogens is 2. The molecule has 0 spiro atoms. The molecule has 1 atom stereocenters. The van der Waals surface area contributed by atoms with Crippen molar-refractivity contribution in [2.24, 2.45) is 7.05 Å². The predicted octanol–water partition coefficient (Wildman–Crippen LogP) is 3.63. The highest BCUT2D eigenvalue weighted by atomic mass is 32.2. The van der Waals surface area contributed by atoms with Gasteiger partial charge in [0, 0.05) is 25.5 Å². The van der Waals surface area contributed by atoms with E-state index in [1.165, 1.54) is 0 Å². The van der Waals surface area contributed by atoms with Gasteiger partial charge in [-0.3, -0.25) is 0 Å². The van der Waals surface area contributed by atoms with Gasteiger partial charge in [0.2, 0.25) is 10.0 Å². The average molecular weight is 430 g/mol. The van der Waals surface area contributed by atoms with Crippen LogP contribution in [0.5, 0.6) is 11.5 Å². The van der Waals surface area contributed by atoms with Crippen LogP contribution in [0.3, 0.4) is 0 Å². The van der Waals surface area contributed by atoms with Crippen LogP contribution in [0.1, 0.15) is 42.8 Å². The van der Waals surface area contributed by atoms with Gasteiger partial charge >= 0.3 is 0 Å². The second kappa shape index (κ2) is 8.89. The van der Waals surface area contributed by atoms with E-state index in [0.717, 1.165) is 5.56 Å². The Balaban J connectivity index is 2.05. The summed E-state index contributed by atoms with van der Waals surface area (Å²) in [6, 6.07) is 11.5. The van der Waals surface area contributed by atoms with Crippen molar-refractivity contribution in [2.45, 2.75) is 30.7 Å². The number of benzene rings is 2. The van der Waals surface area contributed by atoms with Crippen LogP contribution in [0.4, 0.5) is 0 Å². The number of nitrogens with zero attached hydrogens (tertiary/aromatic N) is 2. The van der Waals surface area contributed by atoms with E-state index in [4.69, 9.17) is 9.47 Å². The highest BCUT2D eigenvalue weighted by Gasteiger charge is 2.27. The lowest BCUT2D eigenvalue weighted by Gasteiger charge is -2.21. The Morgan fingerprint density at radius 1 is 0.967 bits per heavy atom. The molecule has 0 aliphatic heterocycles. The zero-order valence-electron chi connectivity index (χ0n) is 17.8. The molecule has 160 valence electrons. The average Bonchev–Trinajstić information content (AvgIpc) is 3.17. The first-order valence-electron chi connectivity index (χ1n) is 9.57. The first kappa shape index (κ1) is 21.9. The van der Waals surface area contributed by atoms with Crippen molar-refractivity contribution in [3.8, 4) is 11.5 Å². The largest absolute Gasteiger partial charge is 0.497 e. The predicted molar refractivity (Wildman–Crippen MR) is 115 cm³/mol. The molecule has 1 heterocycles. The molecule has 30 heavy (non-hydrogen) atoms. The van der Waals surface area contributed by atoms with Gasteiger partial charge < -0.3 is 14.0 Å². The molecule has 0 fully saturated rings. The summed E-state index contributed by atoms with van der Waals surface area (Å²) in [6.45, 7) is 4.13. The monoisotopic (exact) mass is 429 g/mol. The second-order valence-corrected chi connectivity index (χ2v) is 9.03. The Kier molecular flexibility index (Phi) is 6.48. The van der Waals surface area contributed by atoms with Crippen molar-refractivity contribution in [3.05, 3.63) is 71.8 Å². The topological polar surface area (TPSA) is 82.4 Å². The third-order valence-corrected chi connectivity index (χ3v) is 6.39. The van der Waals surface area contributed by atoms with Gasteiger partial charge in [-0.15, -0.1) is 0 Å². The SMILES string of the molecule is COc1cc(OC)cc(C(NS(=O)(=O)c2ccc(C(C)C)cc2)c2nccn2C)c1. The van der Waals surface area contributed by atoms with Crippen LogP contribution in [0.25, 0.3) is 0 Å². The Morgan fingerprint density at radius 3 is 2.03 bits per heavy atom. The molecule has 0 bridgehead atoms. The van der Waals surface area contributed by atoms with Gasteiger partial charge in [0.15, 0.2) is 0 Å². The number of rotatable bonds is 8.